The van der Waals surface area contributed by atoms with Gasteiger partial charge in [0.2, 0.25) is 11.7 Å². The van der Waals surface area contributed by atoms with Crippen LogP contribution in [0.2, 0.25) is 0 Å². The van der Waals surface area contributed by atoms with E-state index >= 15 is 0 Å². The van der Waals surface area contributed by atoms with Crippen molar-refractivity contribution >= 4 is 38.9 Å². The summed E-state index contributed by atoms with van der Waals surface area (Å²) in [7, 11) is 0. The van der Waals surface area contributed by atoms with Gasteiger partial charge in [-0.05, 0) is 47.9 Å². The molecule has 31 heavy (non-hydrogen) atoms. The molecule has 4 rings (SSSR count). The molecule has 0 fully saturated rings. The Morgan fingerprint density at radius 2 is 1.94 bits per heavy atom. The summed E-state index contributed by atoms with van der Waals surface area (Å²) in [6.45, 7) is 6.93. The first-order valence-corrected chi connectivity index (χ1v) is 11.6. The zero-order valence-electron chi connectivity index (χ0n) is 18.1. The van der Waals surface area contributed by atoms with Crippen LogP contribution in [0.25, 0.3) is 16.0 Å². The van der Waals surface area contributed by atoms with Gasteiger partial charge >= 0.3 is 0 Å². The highest BCUT2D eigenvalue weighted by atomic mass is 32.1. The number of carbonyl (C=O) groups is 1. The van der Waals surface area contributed by atoms with E-state index in [1.54, 1.807) is 4.57 Å². The molecule has 0 saturated heterocycles. The highest BCUT2D eigenvalue weighted by molar-refractivity contribution is 7.17. The number of amides is 1. The van der Waals surface area contributed by atoms with Crippen LogP contribution >= 0.6 is 11.3 Å². The van der Waals surface area contributed by atoms with Gasteiger partial charge in [0, 0.05) is 25.1 Å². The van der Waals surface area contributed by atoms with E-state index in [1.807, 2.05) is 47.0 Å². The normalized spacial score (nSPS) is 11.6. The number of rotatable bonds is 8. The van der Waals surface area contributed by atoms with Gasteiger partial charge in [0.05, 0.1) is 5.52 Å². The molecule has 7 nitrogen and oxygen atoms in total. The van der Waals surface area contributed by atoms with Gasteiger partial charge in [-0.3, -0.25) is 18.6 Å². The number of anilines is 1. The maximum absolute atomic E-state index is 12.8. The Morgan fingerprint density at radius 3 is 2.65 bits per heavy atom. The van der Waals surface area contributed by atoms with E-state index in [1.165, 1.54) is 16.9 Å². The van der Waals surface area contributed by atoms with Gasteiger partial charge in [-0.1, -0.05) is 32.9 Å². The fraction of sp³-hybridized carbons (Fsp3) is 0.391. The second-order valence-corrected chi connectivity index (χ2v) is 8.94. The third kappa shape index (κ3) is 4.25. The van der Waals surface area contributed by atoms with Gasteiger partial charge in [0.1, 0.15) is 10.5 Å². The number of carbonyl (C=O) groups excluding carboxylic acids is 1. The van der Waals surface area contributed by atoms with Crippen molar-refractivity contribution in [1.29, 1.82) is 0 Å². The van der Waals surface area contributed by atoms with Crippen molar-refractivity contribution < 1.29 is 4.79 Å². The van der Waals surface area contributed by atoms with Crippen molar-refractivity contribution in [3.8, 4) is 0 Å². The fourth-order valence-electron chi connectivity index (χ4n) is 3.75. The lowest BCUT2D eigenvalue weighted by atomic mass is 10.0. The Labute approximate surface area is 184 Å². The van der Waals surface area contributed by atoms with Crippen LogP contribution in [-0.2, 0) is 17.8 Å². The highest BCUT2D eigenvalue weighted by Gasteiger charge is 2.17. The quantitative estimate of drug-likeness (QED) is 0.437. The summed E-state index contributed by atoms with van der Waals surface area (Å²) in [5.74, 6) is 1.79. The lowest BCUT2D eigenvalue weighted by Gasteiger charge is -2.09. The molecule has 0 aliphatic carbocycles. The lowest BCUT2D eigenvalue weighted by Crippen LogP contribution is -2.22. The summed E-state index contributed by atoms with van der Waals surface area (Å²) >= 11 is 1.44. The molecule has 1 aromatic carbocycles. The molecule has 1 amide bonds. The largest absolute Gasteiger partial charge is 0.326 e. The van der Waals surface area contributed by atoms with E-state index in [0.29, 0.717) is 42.2 Å². The summed E-state index contributed by atoms with van der Waals surface area (Å²) in [5.41, 5.74) is 2.89. The van der Waals surface area contributed by atoms with E-state index < -0.39 is 0 Å². The molecule has 0 radical (unpaired) electrons. The number of nitrogens with zero attached hydrogens (tertiary/aromatic N) is 4. The second-order valence-electron chi connectivity index (χ2n) is 8.02. The molecule has 4 aromatic rings. The van der Waals surface area contributed by atoms with Crippen LogP contribution in [0.3, 0.4) is 0 Å². The Balaban J connectivity index is 1.47. The number of thiophene rings is 1. The SMILES string of the molecule is CCCn1c(=O)c2sccc2n2c(CCCC(=O)Nc3ccc(C(C)C)cc3)nnc12. The first kappa shape index (κ1) is 21.2. The molecule has 0 aliphatic rings. The molecule has 0 bridgehead atoms. The van der Waals surface area contributed by atoms with Crippen molar-refractivity contribution in [2.45, 2.75) is 58.9 Å². The second kappa shape index (κ2) is 9.01. The first-order chi connectivity index (χ1) is 15.0. The molecular formula is C23H27N5O2S. The van der Waals surface area contributed by atoms with Crippen LogP contribution in [0.5, 0.6) is 0 Å². The fourth-order valence-corrected chi connectivity index (χ4v) is 4.57. The van der Waals surface area contributed by atoms with Gasteiger partial charge in [-0.15, -0.1) is 21.5 Å². The van der Waals surface area contributed by atoms with E-state index in [-0.39, 0.29) is 11.5 Å². The molecule has 3 heterocycles. The predicted octanol–water partition coefficient (Wildman–Crippen LogP) is 4.60. The summed E-state index contributed by atoms with van der Waals surface area (Å²) in [6, 6.07) is 9.92. The molecule has 1 N–H and O–H groups in total. The van der Waals surface area contributed by atoms with Crippen molar-refractivity contribution in [3.05, 3.63) is 57.5 Å². The zero-order chi connectivity index (χ0) is 22.0. The minimum Gasteiger partial charge on any atom is -0.326 e. The molecule has 0 spiro atoms. The minimum atomic E-state index is -0.0188. The Kier molecular flexibility index (Phi) is 6.18. The van der Waals surface area contributed by atoms with E-state index in [9.17, 15) is 9.59 Å². The number of aryl methyl sites for hydroxylation is 2. The van der Waals surface area contributed by atoms with Crippen LogP contribution in [0, 0.1) is 0 Å². The van der Waals surface area contributed by atoms with Gasteiger partial charge in [-0.2, -0.15) is 0 Å². The minimum absolute atomic E-state index is 0.0128. The Morgan fingerprint density at radius 1 is 1.16 bits per heavy atom. The lowest BCUT2D eigenvalue weighted by molar-refractivity contribution is -0.116. The van der Waals surface area contributed by atoms with Gasteiger partial charge < -0.3 is 5.32 Å². The molecule has 0 aliphatic heterocycles. The average Bonchev–Trinajstić information content (AvgIpc) is 3.39. The molecular weight excluding hydrogens is 410 g/mol. The average molecular weight is 438 g/mol. The number of benzene rings is 1. The zero-order valence-corrected chi connectivity index (χ0v) is 18.9. The summed E-state index contributed by atoms with van der Waals surface area (Å²) in [4.78, 5) is 25.2. The molecule has 0 atom stereocenters. The van der Waals surface area contributed by atoms with Gasteiger partial charge in [0.15, 0.2) is 0 Å². The number of nitrogens with one attached hydrogen (secondary N) is 1. The molecule has 0 saturated carbocycles. The number of aromatic nitrogens is 4. The predicted molar refractivity (Wildman–Crippen MR) is 125 cm³/mol. The highest BCUT2D eigenvalue weighted by Crippen LogP contribution is 2.21. The summed E-state index contributed by atoms with van der Waals surface area (Å²) < 4.78 is 4.37. The van der Waals surface area contributed by atoms with Crippen molar-refractivity contribution in [1.82, 2.24) is 19.2 Å². The van der Waals surface area contributed by atoms with Crippen LogP contribution in [-0.4, -0.2) is 25.1 Å². The van der Waals surface area contributed by atoms with Crippen LogP contribution in [0.4, 0.5) is 5.69 Å². The maximum atomic E-state index is 12.8. The molecule has 0 unspecified atom stereocenters. The Bertz CT molecular complexity index is 1270. The third-order valence-corrected chi connectivity index (χ3v) is 6.28. The molecule has 8 heteroatoms. The third-order valence-electron chi connectivity index (χ3n) is 5.39. The number of hydrogen-bond acceptors (Lipinski definition) is 5. The standard InChI is InChI=1S/C23H27N5O2S/c1-4-13-27-22(30)21-18(12-14-31-21)28-19(25-26-23(27)28)6-5-7-20(29)24-17-10-8-16(9-11-17)15(2)3/h8-12,14-15H,4-7,13H2,1-3H3,(H,24,29). The van der Waals surface area contributed by atoms with Crippen molar-refractivity contribution in [3.63, 3.8) is 0 Å². The van der Waals surface area contributed by atoms with E-state index in [2.05, 4.69) is 29.4 Å². The summed E-state index contributed by atoms with van der Waals surface area (Å²) in [5, 5.41) is 13.5. The topological polar surface area (TPSA) is 81.3 Å². The molecule has 3 aromatic heterocycles. The maximum Gasteiger partial charge on any atom is 0.272 e. The number of hydrogen-bond donors (Lipinski definition) is 1. The molecule has 162 valence electrons. The van der Waals surface area contributed by atoms with Gasteiger partial charge in [0.25, 0.3) is 5.56 Å². The van der Waals surface area contributed by atoms with E-state index in [0.717, 1.165) is 23.4 Å². The van der Waals surface area contributed by atoms with Crippen molar-refractivity contribution in [2.75, 3.05) is 5.32 Å². The van der Waals surface area contributed by atoms with Crippen molar-refractivity contribution in [2.24, 2.45) is 0 Å². The van der Waals surface area contributed by atoms with E-state index in [4.69, 9.17) is 0 Å². The summed E-state index contributed by atoms with van der Waals surface area (Å²) in [6.07, 6.45) is 2.49. The number of fused-ring (bicyclic) bond motifs is 3. The monoisotopic (exact) mass is 437 g/mol. The van der Waals surface area contributed by atoms with Crippen LogP contribution in [0.15, 0.2) is 40.5 Å². The van der Waals surface area contributed by atoms with Crippen LogP contribution in [0.1, 0.15) is 57.3 Å². The van der Waals surface area contributed by atoms with Gasteiger partial charge in [-0.25, -0.2) is 0 Å². The smallest absolute Gasteiger partial charge is 0.272 e. The van der Waals surface area contributed by atoms with Crippen LogP contribution < -0.4 is 10.9 Å². The Hall–Kier alpha value is -3.00. The first-order valence-electron chi connectivity index (χ1n) is 10.7.